The average molecular weight is 255 g/mol. The third-order valence-corrected chi connectivity index (χ3v) is 3.41. The molecule has 0 radical (unpaired) electrons. The van der Waals surface area contributed by atoms with Gasteiger partial charge in [-0.3, -0.25) is 0 Å². The van der Waals surface area contributed by atoms with Gasteiger partial charge in [0.25, 0.3) is 0 Å². The van der Waals surface area contributed by atoms with Crippen LogP contribution < -0.4 is 10.5 Å². The third kappa shape index (κ3) is 3.36. The van der Waals surface area contributed by atoms with Gasteiger partial charge in [0.2, 0.25) is 0 Å². The van der Waals surface area contributed by atoms with Crippen molar-refractivity contribution in [3.8, 4) is 5.75 Å². The van der Waals surface area contributed by atoms with Crippen LogP contribution in [0.15, 0.2) is 42.5 Å². The molecule has 0 heterocycles. The van der Waals surface area contributed by atoms with Crippen molar-refractivity contribution in [2.75, 3.05) is 6.61 Å². The molecular weight excluding hydrogens is 234 g/mol. The summed E-state index contributed by atoms with van der Waals surface area (Å²) < 4.78 is 5.89. The smallest absolute Gasteiger partial charge is 0.122 e. The zero-order valence-electron chi connectivity index (χ0n) is 11.8. The van der Waals surface area contributed by atoms with Gasteiger partial charge in [-0.15, -0.1) is 0 Å². The topological polar surface area (TPSA) is 35.2 Å². The first-order valence-electron chi connectivity index (χ1n) is 6.59. The zero-order chi connectivity index (χ0) is 13.8. The molecule has 0 aliphatic carbocycles. The quantitative estimate of drug-likeness (QED) is 0.904. The van der Waals surface area contributed by atoms with Gasteiger partial charge in [-0.1, -0.05) is 36.4 Å². The van der Waals surface area contributed by atoms with E-state index < -0.39 is 0 Å². The summed E-state index contributed by atoms with van der Waals surface area (Å²) in [4.78, 5) is 0. The van der Waals surface area contributed by atoms with Crippen molar-refractivity contribution in [2.24, 2.45) is 5.73 Å². The molecule has 2 rings (SSSR count). The Kier molecular flexibility index (Phi) is 4.23. The maximum Gasteiger partial charge on any atom is 0.122 e. The first-order valence-corrected chi connectivity index (χ1v) is 6.59. The first-order chi connectivity index (χ1) is 9.08. The van der Waals surface area contributed by atoms with Crippen LogP contribution in [-0.4, -0.2) is 6.61 Å². The molecule has 0 amide bonds. The van der Waals surface area contributed by atoms with Crippen LogP contribution in [0.3, 0.4) is 0 Å². The van der Waals surface area contributed by atoms with Crippen molar-refractivity contribution < 1.29 is 4.74 Å². The Morgan fingerprint density at radius 2 is 1.74 bits per heavy atom. The van der Waals surface area contributed by atoms with Gasteiger partial charge >= 0.3 is 0 Å². The zero-order valence-corrected chi connectivity index (χ0v) is 11.8. The summed E-state index contributed by atoms with van der Waals surface area (Å²) in [6.45, 7) is 6.76. The van der Waals surface area contributed by atoms with Crippen LogP contribution >= 0.6 is 0 Å². The van der Waals surface area contributed by atoms with E-state index in [2.05, 4.69) is 32.9 Å². The summed E-state index contributed by atoms with van der Waals surface area (Å²) in [5.41, 5.74) is 10.9. The van der Waals surface area contributed by atoms with E-state index in [1.807, 2.05) is 30.3 Å². The maximum absolute atomic E-state index is 6.14. The molecule has 1 atom stereocenters. The Labute approximate surface area is 115 Å². The molecule has 0 bridgehead atoms. The molecule has 19 heavy (non-hydrogen) atoms. The van der Waals surface area contributed by atoms with Crippen LogP contribution in [-0.2, 0) is 0 Å². The fourth-order valence-electron chi connectivity index (χ4n) is 2.13. The molecule has 2 heteroatoms. The van der Waals surface area contributed by atoms with Crippen molar-refractivity contribution in [1.82, 2.24) is 0 Å². The summed E-state index contributed by atoms with van der Waals surface area (Å²) in [6, 6.07) is 14.2. The van der Waals surface area contributed by atoms with Gasteiger partial charge in [-0.05, 0) is 49.1 Å². The number of aryl methyl sites for hydroxylation is 2. The standard InChI is InChI=1S/C17H21NO/c1-12-9-13(2)14(3)17(10-12)19-11-16(18)15-7-5-4-6-8-15/h4-10,16H,11,18H2,1-3H3. The summed E-state index contributed by atoms with van der Waals surface area (Å²) in [6.07, 6.45) is 0. The van der Waals surface area contributed by atoms with Crippen molar-refractivity contribution in [2.45, 2.75) is 26.8 Å². The van der Waals surface area contributed by atoms with Crippen molar-refractivity contribution >= 4 is 0 Å². The lowest BCUT2D eigenvalue weighted by Gasteiger charge is -2.16. The van der Waals surface area contributed by atoms with E-state index in [1.54, 1.807) is 0 Å². The molecule has 0 saturated heterocycles. The van der Waals surface area contributed by atoms with Crippen LogP contribution in [0, 0.1) is 20.8 Å². The number of hydrogen-bond acceptors (Lipinski definition) is 2. The largest absolute Gasteiger partial charge is 0.491 e. The van der Waals surface area contributed by atoms with E-state index in [9.17, 15) is 0 Å². The molecule has 0 aliphatic heterocycles. The Morgan fingerprint density at radius 3 is 2.42 bits per heavy atom. The van der Waals surface area contributed by atoms with Crippen molar-refractivity contribution in [3.05, 3.63) is 64.7 Å². The number of benzene rings is 2. The minimum Gasteiger partial charge on any atom is -0.491 e. The van der Waals surface area contributed by atoms with Gasteiger partial charge < -0.3 is 10.5 Å². The van der Waals surface area contributed by atoms with Gasteiger partial charge in [0.15, 0.2) is 0 Å². The van der Waals surface area contributed by atoms with E-state index in [0.717, 1.165) is 11.3 Å². The molecule has 1 unspecified atom stereocenters. The second-order valence-corrected chi connectivity index (χ2v) is 5.03. The molecule has 100 valence electrons. The van der Waals surface area contributed by atoms with Gasteiger partial charge in [0, 0.05) is 0 Å². The fourth-order valence-corrected chi connectivity index (χ4v) is 2.13. The molecule has 0 spiro atoms. The highest BCUT2D eigenvalue weighted by molar-refractivity contribution is 5.42. The predicted molar refractivity (Wildman–Crippen MR) is 79.5 cm³/mol. The molecule has 0 fully saturated rings. The van der Waals surface area contributed by atoms with Crippen molar-refractivity contribution in [3.63, 3.8) is 0 Å². The minimum absolute atomic E-state index is 0.0959. The third-order valence-electron chi connectivity index (χ3n) is 3.41. The predicted octanol–water partition coefficient (Wildman–Crippen LogP) is 3.69. The van der Waals surface area contributed by atoms with Crippen LogP contribution in [0.1, 0.15) is 28.3 Å². The Bertz CT molecular complexity index is 549. The van der Waals surface area contributed by atoms with Gasteiger partial charge in [-0.2, -0.15) is 0 Å². The Balaban J connectivity index is 2.07. The molecule has 2 nitrogen and oxygen atoms in total. The number of ether oxygens (including phenoxy) is 1. The summed E-state index contributed by atoms with van der Waals surface area (Å²) >= 11 is 0. The molecule has 0 saturated carbocycles. The SMILES string of the molecule is Cc1cc(C)c(C)c(OCC(N)c2ccccc2)c1. The second kappa shape index (κ2) is 5.89. The van der Waals surface area contributed by atoms with Gasteiger partial charge in [0.1, 0.15) is 12.4 Å². The lowest BCUT2D eigenvalue weighted by atomic mass is 10.1. The van der Waals surface area contributed by atoms with Gasteiger partial charge in [-0.25, -0.2) is 0 Å². The fraction of sp³-hybridized carbons (Fsp3) is 0.294. The van der Waals surface area contributed by atoms with Crippen LogP contribution in [0.2, 0.25) is 0 Å². The van der Waals surface area contributed by atoms with Crippen LogP contribution in [0.5, 0.6) is 5.75 Å². The normalized spacial score (nSPS) is 12.2. The maximum atomic E-state index is 6.14. The monoisotopic (exact) mass is 255 g/mol. The van der Waals surface area contributed by atoms with E-state index in [1.165, 1.54) is 16.7 Å². The first kappa shape index (κ1) is 13.6. The highest BCUT2D eigenvalue weighted by Gasteiger charge is 2.09. The highest BCUT2D eigenvalue weighted by Crippen LogP contribution is 2.24. The minimum atomic E-state index is -0.0959. The van der Waals surface area contributed by atoms with Crippen LogP contribution in [0.25, 0.3) is 0 Å². The van der Waals surface area contributed by atoms with Crippen molar-refractivity contribution in [1.29, 1.82) is 0 Å². The summed E-state index contributed by atoms with van der Waals surface area (Å²) in [7, 11) is 0. The number of nitrogens with two attached hydrogens (primary N) is 1. The summed E-state index contributed by atoms with van der Waals surface area (Å²) in [5, 5.41) is 0. The lowest BCUT2D eigenvalue weighted by Crippen LogP contribution is -2.19. The number of hydrogen-bond donors (Lipinski definition) is 1. The van der Waals surface area contributed by atoms with Gasteiger partial charge in [0.05, 0.1) is 6.04 Å². The molecule has 0 aliphatic rings. The number of rotatable bonds is 4. The van der Waals surface area contributed by atoms with E-state index in [-0.39, 0.29) is 6.04 Å². The van der Waals surface area contributed by atoms with E-state index >= 15 is 0 Å². The Morgan fingerprint density at radius 1 is 1.05 bits per heavy atom. The molecule has 0 aromatic heterocycles. The average Bonchev–Trinajstić information content (AvgIpc) is 2.41. The molecular formula is C17H21NO. The second-order valence-electron chi connectivity index (χ2n) is 5.03. The highest BCUT2D eigenvalue weighted by atomic mass is 16.5. The van der Waals surface area contributed by atoms with Crippen LogP contribution in [0.4, 0.5) is 0 Å². The van der Waals surface area contributed by atoms with E-state index in [4.69, 9.17) is 10.5 Å². The molecule has 2 aromatic rings. The Hall–Kier alpha value is -1.80. The lowest BCUT2D eigenvalue weighted by molar-refractivity contribution is 0.288. The molecule has 2 N–H and O–H groups in total. The summed E-state index contributed by atoms with van der Waals surface area (Å²) in [5.74, 6) is 0.934. The van der Waals surface area contributed by atoms with E-state index in [0.29, 0.717) is 6.61 Å². The molecule has 2 aromatic carbocycles.